The van der Waals surface area contributed by atoms with Crippen molar-refractivity contribution in [1.82, 2.24) is 20.3 Å². The highest BCUT2D eigenvalue weighted by Crippen LogP contribution is 2.51. The second-order valence-corrected chi connectivity index (χ2v) is 13.5. The van der Waals surface area contributed by atoms with Crippen molar-refractivity contribution < 1.29 is 39.6 Å². The number of hydrogen-bond acceptors (Lipinski definition) is 8. The Hall–Kier alpha value is -4.22. The van der Waals surface area contributed by atoms with E-state index in [4.69, 9.17) is 16.7 Å². The number of carbonyl (C=O) groups is 1. The van der Waals surface area contributed by atoms with Crippen LogP contribution < -0.4 is 21.1 Å². The summed E-state index contributed by atoms with van der Waals surface area (Å²) >= 11 is 6.03. The summed E-state index contributed by atoms with van der Waals surface area (Å²) in [6.45, 7) is -0.0615. The molecule has 2 aromatic heterocycles. The van der Waals surface area contributed by atoms with Gasteiger partial charge in [0.2, 0.25) is 16.0 Å². The van der Waals surface area contributed by atoms with E-state index in [0.29, 0.717) is 11.1 Å². The molecule has 0 unspecified atom stereocenters. The molecule has 2 aromatic carbocycles. The van der Waals surface area contributed by atoms with Gasteiger partial charge < -0.3 is 16.0 Å². The minimum absolute atomic E-state index is 0.00511. The number of nitrogens with one attached hydrogen (secondary N) is 3. The van der Waals surface area contributed by atoms with Crippen LogP contribution in [-0.4, -0.2) is 52.7 Å². The molecule has 2 saturated carbocycles. The van der Waals surface area contributed by atoms with Gasteiger partial charge in [0, 0.05) is 22.7 Å². The largest absolute Gasteiger partial charge is 0.411 e. The molecule has 0 spiro atoms. The molecule has 5 N–H and O–H groups in total. The fourth-order valence-corrected chi connectivity index (χ4v) is 5.86. The van der Waals surface area contributed by atoms with Crippen molar-refractivity contribution in [2.24, 2.45) is 5.14 Å². The van der Waals surface area contributed by atoms with E-state index in [1.54, 1.807) is 0 Å². The molecular formula is C29H24ClF6N7O3S. The normalized spacial score (nSPS) is 16.9. The standard InChI is InChI=1S/C29H24ClF6N7O3S/c30-18-11-15(12-19(13-18)47(37,45)46)14-38-25-40-21-6-5-20(39-22(21)23(41-25)42-26(7-8-26)28(31,32)33)16-1-3-17(4-2-16)24(44)43-27(9-10-27)29(34,35)36/h1-6,11-13H,7-10,14H2,(H,43,44)(H2,37,45,46)(H2,38,40,41,42). The zero-order valence-corrected chi connectivity index (χ0v) is 25.5. The van der Waals surface area contributed by atoms with Crippen molar-refractivity contribution in [3.63, 3.8) is 0 Å². The summed E-state index contributed by atoms with van der Waals surface area (Å²) < 4.78 is 105. The number of halogens is 7. The van der Waals surface area contributed by atoms with E-state index in [1.165, 1.54) is 54.6 Å². The van der Waals surface area contributed by atoms with Crippen molar-refractivity contribution in [3.05, 3.63) is 70.7 Å². The summed E-state index contributed by atoms with van der Waals surface area (Å²) in [4.78, 5) is 25.4. The number of alkyl halides is 6. The lowest BCUT2D eigenvalue weighted by molar-refractivity contribution is -0.163. The lowest BCUT2D eigenvalue weighted by Gasteiger charge is -2.22. The third kappa shape index (κ3) is 6.64. The van der Waals surface area contributed by atoms with E-state index in [-0.39, 0.29) is 76.2 Å². The second-order valence-electron chi connectivity index (χ2n) is 11.5. The van der Waals surface area contributed by atoms with E-state index in [0.717, 1.165) is 0 Å². The Balaban J connectivity index is 1.30. The highest BCUT2D eigenvalue weighted by molar-refractivity contribution is 7.89. The predicted octanol–water partition coefficient (Wildman–Crippen LogP) is 5.94. The van der Waals surface area contributed by atoms with Gasteiger partial charge in [-0.3, -0.25) is 4.79 Å². The number of aromatic nitrogens is 3. The van der Waals surface area contributed by atoms with Crippen LogP contribution in [0.4, 0.5) is 38.1 Å². The fraction of sp³-hybridized carbons (Fsp3) is 0.310. The molecule has 10 nitrogen and oxygen atoms in total. The van der Waals surface area contributed by atoms with Crippen LogP contribution in [0.15, 0.2) is 59.5 Å². The van der Waals surface area contributed by atoms with Crippen molar-refractivity contribution in [1.29, 1.82) is 0 Å². The number of primary sulfonamides is 1. The molecule has 2 heterocycles. The van der Waals surface area contributed by atoms with Gasteiger partial charge in [-0.2, -0.15) is 31.3 Å². The molecular weight excluding hydrogens is 676 g/mol. The Labute approximate surface area is 268 Å². The number of benzene rings is 2. The van der Waals surface area contributed by atoms with Gasteiger partial charge in [-0.25, -0.2) is 23.5 Å². The molecule has 2 fully saturated rings. The Bertz CT molecular complexity index is 2000. The van der Waals surface area contributed by atoms with Gasteiger partial charge in [-0.15, -0.1) is 0 Å². The molecule has 4 aromatic rings. The van der Waals surface area contributed by atoms with Gasteiger partial charge in [0.05, 0.1) is 16.1 Å². The van der Waals surface area contributed by atoms with E-state index in [9.17, 15) is 39.6 Å². The zero-order chi connectivity index (χ0) is 34.0. The Morgan fingerprint density at radius 2 is 1.51 bits per heavy atom. The van der Waals surface area contributed by atoms with Crippen LogP contribution in [0.1, 0.15) is 41.6 Å². The Morgan fingerprint density at radius 1 is 0.872 bits per heavy atom. The third-order valence-corrected chi connectivity index (χ3v) is 9.10. The average molecular weight is 700 g/mol. The minimum Gasteiger partial charge on any atom is -0.354 e. The number of nitrogens with zero attached hydrogens (tertiary/aromatic N) is 3. The molecule has 0 atom stereocenters. The first-order chi connectivity index (χ1) is 21.9. The molecule has 2 aliphatic rings. The van der Waals surface area contributed by atoms with Crippen molar-refractivity contribution in [3.8, 4) is 11.3 Å². The topological polar surface area (TPSA) is 152 Å². The lowest BCUT2D eigenvalue weighted by atomic mass is 10.1. The maximum Gasteiger partial charge on any atom is 0.411 e. The number of anilines is 2. The van der Waals surface area contributed by atoms with Gasteiger partial charge in [-0.05, 0) is 73.7 Å². The minimum atomic E-state index is -4.60. The summed E-state index contributed by atoms with van der Waals surface area (Å²) in [5.74, 6) is -1.20. The number of carbonyl (C=O) groups excluding carboxylic acids is 1. The SMILES string of the molecule is NS(=O)(=O)c1cc(Cl)cc(CNc2nc(NC3(C(F)(F)F)CC3)c3nc(-c4ccc(C(=O)NC5(C(F)(F)F)CC5)cc4)ccc3n2)c1. The monoisotopic (exact) mass is 699 g/mol. The Morgan fingerprint density at radius 3 is 2.09 bits per heavy atom. The maximum atomic E-state index is 13.9. The summed E-state index contributed by atoms with van der Waals surface area (Å²) in [5.41, 5.74) is -3.20. The molecule has 0 bridgehead atoms. The second kappa shape index (κ2) is 11.2. The third-order valence-electron chi connectivity index (χ3n) is 7.99. The van der Waals surface area contributed by atoms with Gasteiger partial charge in [0.1, 0.15) is 16.6 Å². The molecule has 0 saturated heterocycles. The average Bonchev–Trinajstić information content (AvgIpc) is 3.92. The quantitative estimate of drug-likeness (QED) is 0.157. The number of nitrogens with two attached hydrogens (primary N) is 1. The van der Waals surface area contributed by atoms with Gasteiger partial charge in [0.25, 0.3) is 5.91 Å². The Kier molecular flexibility index (Phi) is 7.79. The first kappa shape index (κ1) is 32.7. The number of pyridine rings is 1. The van der Waals surface area contributed by atoms with E-state index in [1.807, 2.05) is 0 Å². The number of rotatable bonds is 9. The smallest absolute Gasteiger partial charge is 0.354 e. The summed E-state index contributed by atoms with van der Waals surface area (Å²) in [6, 6.07) is 12.5. The summed E-state index contributed by atoms with van der Waals surface area (Å²) in [7, 11) is -4.07. The zero-order valence-electron chi connectivity index (χ0n) is 23.9. The molecule has 6 rings (SSSR count). The van der Waals surface area contributed by atoms with Gasteiger partial charge in [-0.1, -0.05) is 23.7 Å². The molecule has 18 heteroatoms. The van der Waals surface area contributed by atoms with E-state index < -0.39 is 39.4 Å². The fourth-order valence-electron chi connectivity index (χ4n) is 4.93. The first-order valence-corrected chi connectivity index (χ1v) is 15.9. The van der Waals surface area contributed by atoms with Crippen LogP contribution in [0, 0.1) is 0 Å². The molecule has 47 heavy (non-hydrogen) atoms. The number of amides is 1. The van der Waals surface area contributed by atoms with Crippen LogP contribution in [0.2, 0.25) is 5.02 Å². The van der Waals surface area contributed by atoms with Crippen LogP contribution in [0.25, 0.3) is 22.3 Å². The number of sulfonamides is 1. The van der Waals surface area contributed by atoms with E-state index in [2.05, 4.69) is 30.9 Å². The number of fused-ring (bicyclic) bond motifs is 1. The van der Waals surface area contributed by atoms with Crippen molar-refractivity contribution in [2.75, 3.05) is 10.6 Å². The van der Waals surface area contributed by atoms with Gasteiger partial charge >= 0.3 is 12.4 Å². The highest BCUT2D eigenvalue weighted by atomic mass is 35.5. The van der Waals surface area contributed by atoms with Crippen LogP contribution >= 0.6 is 11.6 Å². The maximum absolute atomic E-state index is 13.9. The van der Waals surface area contributed by atoms with Crippen molar-refractivity contribution in [2.45, 2.75) is 60.6 Å². The van der Waals surface area contributed by atoms with Crippen LogP contribution in [0.5, 0.6) is 0 Å². The molecule has 0 radical (unpaired) electrons. The molecule has 248 valence electrons. The lowest BCUT2D eigenvalue weighted by Crippen LogP contribution is -2.47. The molecule has 0 aliphatic heterocycles. The molecule has 2 aliphatic carbocycles. The first-order valence-electron chi connectivity index (χ1n) is 14.0. The highest BCUT2D eigenvalue weighted by Gasteiger charge is 2.65. The van der Waals surface area contributed by atoms with Gasteiger partial charge in [0.15, 0.2) is 5.82 Å². The summed E-state index contributed by atoms with van der Waals surface area (Å²) in [5, 5.41) is 12.7. The van der Waals surface area contributed by atoms with Crippen LogP contribution in [-0.2, 0) is 16.6 Å². The van der Waals surface area contributed by atoms with Crippen molar-refractivity contribution >= 4 is 50.3 Å². The van der Waals surface area contributed by atoms with Crippen LogP contribution in [0.3, 0.4) is 0 Å². The molecule has 1 amide bonds. The predicted molar refractivity (Wildman–Crippen MR) is 160 cm³/mol. The van der Waals surface area contributed by atoms with E-state index >= 15 is 0 Å². The number of hydrogen-bond donors (Lipinski definition) is 4. The summed E-state index contributed by atoms with van der Waals surface area (Å²) in [6.07, 6.45) is -9.95.